The molecule has 0 aliphatic heterocycles. The summed E-state index contributed by atoms with van der Waals surface area (Å²) in [6, 6.07) is 15.3. The second kappa shape index (κ2) is 7.41. The summed E-state index contributed by atoms with van der Waals surface area (Å²) in [5, 5.41) is 9.69. The van der Waals surface area contributed by atoms with Crippen molar-refractivity contribution in [2.24, 2.45) is 0 Å². The highest BCUT2D eigenvalue weighted by Crippen LogP contribution is 2.13. The molecule has 5 nitrogen and oxygen atoms in total. The normalized spacial score (nSPS) is 10.4. The number of nitrogens with one attached hydrogen (secondary N) is 2. The van der Waals surface area contributed by atoms with E-state index >= 15 is 0 Å². The van der Waals surface area contributed by atoms with E-state index in [2.05, 4.69) is 15.7 Å². The van der Waals surface area contributed by atoms with Crippen molar-refractivity contribution in [2.45, 2.75) is 6.42 Å². The Labute approximate surface area is 139 Å². The Kier molecular flexibility index (Phi) is 4.86. The van der Waals surface area contributed by atoms with Crippen LogP contribution in [0, 0.1) is 5.82 Å². The van der Waals surface area contributed by atoms with Gasteiger partial charge in [-0.25, -0.2) is 13.9 Å². The quantitative estimate of drug-likeness (QED) is 0.756. The monoisotopic (exact) mass is 324 g/mol. The van der Waals surface area contributed by atoms with E-state index in [9.17, 15) is 9.18 Å². The molecule has 6 heteroatoms. The number of halogens is 1. The standard InChI is InChI=1S/C18H17FN4O/c19-15-5-1-4-14(12-15)8-10-20-18(24)22-16-6-2-7-17(13-16)23-11-3-9-21-23/h1-7,9,11-13H,8,10H2,(H2,20,22,24). The number of amides is 2. The van der Waals surface area contributed by atoms with Crippen molar-refractivity contribution >= 4 is 11.7 Å². The largest absolute Gasteiger partial charge is 0.338 e. The van der Waals surface area contributed by atoms with Crippen molar-refractivity contribution in [1.29, 1.82) is 0 Å². The van der Waals surface area contributed by atoms with Gasteiger partial charge >= 0.3 is 6.03 Å². The van der Waals surface area contributed by atoms with Gasteiger partial charge in [0.05, 0.1) is 5.69 Å². The van der Waals surface area contributed by atoms with Crippen LogP contribution in [-0.2, 0) is 6.42 Å². The first-order valence-corrected chi connectivity index (χ1v) is 7.60. The van der Waals surface area contributed by atoms with Gasteiger partial charge in [0.2, 0.25) is 0 Å². The van der Waals surface area contributed by atoms with Crippen LogP contribution >= 0.6 is 0 Å². The highest BCUT2D eigenvalue weighted by Gasteiger charge is 2.04. The summed E-state index contributed by atoms with van der Waals surface area (Å²) in [7, 11) is 0. The van der Waals surface area contributed by atoms with Crippen LogP contribution in [0.1, 0.15) is 5.56 Å². The van der Waals surface area contributed by atoms with E-state index in [4.69, 9.17) is 0 Å². The van der Waals surface area contributed by atoms with Gasteiger partial charge in [0, 0.05) is 24.6 Å². The molecule has 0 spiro atoms. The lowest BCUT2D eigenvalue weighted by Crippen LogP contribution is -2.30. The molecule has 24 heavy (non-hydrogen) atoms. The number of carbonyl (C=O) groups is 1. The molecule has 0 bridgehead atoms. The van der Waals surface area contributed by atoms with Crippen LogP contribution in [0.5, 0.6) is 0 Å². The van der Waals surface area contributed by atoms with Gasteiger partial charge in [-0.05, 0) is 48.4 Å². The predicted molar refractivity (Wildman–Crippen MR) is 90.7 cm³/mol. The number of anilines is 1. The Hall–Kier alpha value is -3.15. The number of hydrogen-bond acceptors (Lipinski definition) is 2. The van der Waals surface area contributed by atoms with Crippen LogP contribution in [0.25, 0.3) is 5.69 Å². The van der Waals surface area contributed by atoms with Gasteiger partial charge in [-0.3, -0.25) is 0 Å². The van der Waals surface area contributed by atoms with E-state index in [1.807, 2.05) is 36.5 Å². The van der Waals surface area contributed by atoms with E-state index in [1.165, 1.54) is 12.1 Å². The molecule has 2 aromatic carbocycles. The average Bonchev–Trinajstić information content (AvgIpc) is 3.10. The zero-order valence-corrected chi connectivity index (χ0v) is 12.9. The van der Waals surface area contributed by atoms with Crippen LogP contribution in [0.15, 0.2) is 67.0 Å². The third-order valence-electron chi connectivity index (χ3n) is 3.46. The molecule has 1 heterocycles. The second-order valence-corrected chi connectivity index (χ2v) is 5.26. The van der Waals surface area contributed by atoms with Gasteiger partial charge in [-0.1, -0.05) is 18.2 Å². The molecular weight excluding hydrogens is 307 g/mol. The number of benzene rings is 2. The average molecular weight is 324 g/mol. The number of nitrogens with zero attached hydrogens (tertiary/aromatic N) is 2. The van der Waals surface area contributed by atoms with Gasteiger partial charge in [0.25, 0.3) is 0 Å². The van der Waals surface area contributed by atoms with E-state index in [0.717, 1.165) is 11.3 Å². The Morgan fingerprint density at radius 1 is 1.12 bits per heavy atom. The maximum absolute atomic E-state index is 13.1. The van der Waals surface area contributed by atoms with Crippen molar-refractivity contribution in [3.8, 4) is 5.69 Å². The highest BCUT2D eigenvalue weighted by atomic mass is 19.1. The molecule has 2 N–H and O–H groups in total. The van der Waals surface area contributed by atoms with Crippen LogP contribution < -0.4 is 10.6 Å². The molecule has 0 saturated carbocycles. The summed E-state index contributed by atoms with van der Waals surface area (Å²) < 4.78 is 14.8. The maximum Gasteiger partial charge on any atom is 0.319 e. The van der Waals surface area contributed by atoms with Crippen LogP contribution in [-0.4, -0.2) is 22.4 Å². The van der Waals surface area contributed by atoms with Gasteiger partial charge in [-0.15, -0.1) is 0 Å². The first kappa shape index (κ1) is 15.7. The zero-order valence-electron chi connectivity index (χ0n) is 12.9. The molecule has 0 radical (unpaired) electrons. The third-order valence-corrected chi connectivity index (χ3v) is 3.46. The smallest absolute Gasteiger partial charge is 0.319 e. The van der Waals surface area contributed by atoms with E-state index < -0.39 is 0 Å². The molecule has 3 rings (SSSR count). The van der Waals surface area contributed by atoms with E-state index in [0.29, 0.717) is 18.7 Å². The molecule has 0 fully saturated rings. The summed E-state index contributed by atoms with van der Waals surface area (Å²) >= 11 is 0. The highest BCUT2D eigenvalue weighted by molar-refractivity contribution is 5.89. The van der Waals surface area contributed by atoms with Gasteiger partial charge in [0.15, 0.2) is 0 Å². The van der Waals surface area contributed by atoms with Crippen molar-refractivity contribution in [3.63, 3.8) is 0 Å². The van der Waals surface area contributed by atoms with Crippen molar-refractivity contribution < 1.29 is 9.18 Å². The van der Waals surface area contributed by atoms with Crippen LogP contribution in [0.2, 0.25) is 0 Å². The minimum absolute atomic E-state index is 0.271. The summed E-state index contributed by atoms with van der Waals surface area (Å²) in [4.78, 5) is 11.9. The van der Waals surface area contributed by atoms with E-state index in [-0.39, 0.29) is 11.8 Å². The lowest BCUT2D eigenvalue weighted by atomic mass is 10.1. The van der Waals surface area contributed by atoms with Crippen LogP contribution in [0.4, 0.5) is 14.9 Å². The fourth-order valence-corrected chi connectivity index (χ4v) is 2.34. The molecule has 2 amide bonds. The number of hydrogen-bond donors (Lipinski definition) is 2. The van der Waals surface area contributed by atoms with Crippen molar-refractivity contribution in [2.75, 3.05) is 11.9 Å². The molecule has 1 aromatic heterocycles. The minimum atomic E-state index is -0.302. The summed E-state index contributed by atoms with van der Waals surface area (Å²) in [5.74, 6) is -0.271. The minimum Gasteiger partial charge on any atom is -0.338 e. The number of urea groups is 1. The molecule has 0 saturated heterocycles. The summed E-state index contributed by atoms with van der Waals surface area (Å²) in [5.41, 5.74) is 2.37. The van der Waals surface area contributed by atoms with E-state index in [1.54, 1.807) is 23.0 Å². The number of aromatic nitrogens is 2. The second-order valence-electron chi connectivity index (χ2n) is 5.26. The maximum atomic E-state index is 13.1. The number of carbonyl (C=O) groups excluding carboxylic acids is 1. The lowest BCUT2D eigenvalue weighted by Gasteiger charge is -2.09. The summed E-state index contributed by atoms with van der Waals surface area (Å²) in [6.45, 7) is 0.425. The molecule has 0 atom stereocenters. The SMILES string of the molecule is O=C(NCCc1cccc(F)c1)Nc1cccc(-n2cccn2)c1. The first-order chi connectivity index (χ1) is 11.7. The van der Waals surface area contributed by atoms with Crippen molar-refractivity contribution in [1.82, 2.24) is 15.1 Å². The van der Waals surface area contributed by atoms with Crippen LogP contribution in [0.3, 0.4) is 0 Å². The molecule has 3 aromatic rings. The topological polar surface area (TPSA) is 59.0 Å². The number of rotatable bonds is 5. The molecular formula is C18H17FN4O. The molecule has 122 valence electrons. The Balaban J connectivity index is 1.52. The van der Waals surface area contributed by atoms with Gasteiger partial charge < -0.3 is 10.6 Å². The Bertz CT molecular complexity index is 817. The fraction of sp³-hybridized carbons (Fsp3) is 0.111. The molecule has 0 aliphatic rings. The van der Waals surface area contributed by atoms with Gasteiger partial charge in [-0.2, -0.15) is 5.10 Å². The van der Waals surface area contributed by atoms with Gasteiger partial charge in [0.1, 0.15) is 5.82 Å². The fourth-order valence-electron chi connectivity index (χ4n) is 2.34. The Morgan fingerprint density at radius 2 is 2.00 bits per heavy atom. The summed E-state index contributed by atoms with van der Waals surface area (Å²) in [6.07, 6.45) is 4.09. The first-order valence-electron chi connectivity index (χ1n) is 7.60. The zero-order chi connectivity index (χ0) is 16.8. The lowest BCUT2D eigenvalue weighted by molar-refractivity contribution is 0.252. The predicted octanol–water partition coefficient (Wildman–Crippen LogP) is 3.38. The Morgan fingerprint density at radius 3 is 2.79 bits per heavy atom. The molecule has 0 aliphatic carbocycles. The molecule has 0 unspecified atom stereocenters. The third kappa shape index (κ3) is 4.19. The van der Waals surface area contributed by atoms with Crippen molar-refractivity contribution in [3.05, 3.63) is 78.4 Å².